The summed E-state index contributed by atoms with van der Waals surface area (Å²) in [5.74, 6) is 2.04. The summed E-state index contributed by atoms with van der Waals surface area (Å²) in [7, 11) is 0. The largest absolute Gasteiger partial charge is 0.437 e. The van der Waals surface area contributed by atoms with Gasteiger partial charge in [0.1, 0.15) is 0 Å². The predicted octanol–water partition coefficient (Wildman–Crippen LogP) is 4.28. The molecule has 0 radical (unpaired) electrons. The van der Waals surface area contributed by atoms with Crippen molar-refractivity contribution in [2.24, 2.45) is 5.92 Å². The summed E-state index contributed by atoms with van der Waals surface area (Å²) in [6.07, 6.45) is 6.27. The van der Waals surface area contributed by atoms with E-state index in [0.717, 1.165) is 18.8 Å². The third kappa shape index (κ3) is 3.62. The van der Waals surface area contributed by atoms with E-state index in [2.05, 4.69) is 18.7 Å². The standard InChI is InChI=1S/C16H25NO2/c1-12(2)10-11-17(14-6-4-5-7-14)16-9-8-15(19-16)13(3)18/h8-9,12,14H,4-7,10-11H2,1-3H3. The Morgan fingerprint density at radius 1 is 1.37 bits per heavy atom. The maximum absolute atomic E-state index is 11.4. The van der Waals surface area contributed by atoms with E-state index >= 15 is 0 Å². The van der Waals surface area contributed by atoms with Gasteiger partial charge in [0.05, 0.1) is 0 Å². The zero-order chi connectivity index (χ0) is 13.8. The van der Waals surface area contributed by atoms with Gasteiger partial charge in [-0.1, -0.05) is 26.7 Å². The molecule has 0 bridgehead atoms. The first-order valence-electron chi connectivity index (χ1n) is 7.45. The number of hydrogen-bond acceptors (Lipinski definition) is 3. The second-order valence-corrected chi connectivity index (χ2v) is 6.01. The number of carbonyl (C=O) groups is 1. The summed E-state index contributed by atoms with van der Waals surface area (Å²) in [4.78, 5) is 13.7. The van der Waals surface area contributed by atoms with Gasteiger partial charge in [-0.25, -0.2) is 0 Å². The molecular weight excluding hydrogens is 238 g/mol. The fourth-order valence-electron chi connectivity index (χ4n) is 2.76. The van der Waals surface area contributed by atoms with Crippen LogP contribution in [0, 0.1) is 5.92 Å². The second-order valence-electron chi connectivity index (χ2n) is 6.01. The van der Waals surface area contributed by atoms with E-state index < -0.39 is 0 Å². The van der Waals surface area contributed by atoms with Crippen molar-refractivity contribution in [3.05, 3.63) is 17.9 Å². The minimum Gasteiger partial charge on any atom is -0.437 e. The molecule has 0 aromatic carbocycles. The van der Waals surface area contributed by atoms with E-state index in [1.807, 2.05) is 6.07 Å². The Morgan fingerprint density at radius 3 is 2.58 bits per heavy atom. The Balaban J connectivity index is 2.12. The fourth-order valence-corrected chi connectivity index (χ4v) is 2.76. The molecule has 1 saturated carbocycles. The van der Waals surface area contributed by atoms with Gasteiger partial charge in [0.15, 0.2) is 17.4 Å². The lowest BCUT2D eigenvalue weighted by atomic mass is 10.1. The molecule has 0 aliphatic heterocycles. The van der Waals surface area contributed by atoms with Crippen molar-refractivity contribution >= 4 is 11.7 Å². The number of carbonyl (C=O) groups excluding carboxylic acids is 1. The molecule has 3 nitrogen and oxygen atoms in total. The van der Waals surface area contributed by atoms with Gasteiger partial charge in [-0.3, -0.25) is 4.79 Å². The number of ketones is 1. The van der Waals surface area contributed by atoms with Gasteiger partial charge in [-0.2, -0.15) is 0 Å². The van der Waals surface area contributed by atoms with E-state index in [1.54, 1.807) is 13.0 Å². The summed E-state index contributed by atoms with van der Waals surface area (Å²) >= 11 is 0. The highest BCUT2D eigenvalue weighted by Crippen LogP contribution is 2.30. The minimum absolute atomic E-state index is 0.00137. The first-order chi connectivity index (χ1) is 9.08. The zero-order valence-electron chi connectivity index (χ0n) is 12.3. The third-order valence-electron chi connectivity index (χ3n) is 3.93. The lowest BCUT2D eigenvalue weighted by Gasteiger charge is -2.29. The first-order valence-corrected chi connectivity index (χ1v) is 7.45. The Bertz CT molecular complexity index is 416. The molecule has 0 amide bonds. The van der Waals surface area contributed by atoms with Crippen molar-refractivity contribution in [2.75, 3.05) is 11.4 Å². The first kappa shape index (κ1) is 14.2. The lowest BCUT2D eigenvalue weighted by molar-refractivity contribution is 0.0987. The van der Waals surface area contributed by atoms with Crippen LogP contribution in [0.25, 0.3) is 0 Å². The van der Waals surface area contributed by atoms with Crippen LogP contribution in [-0.4, -0.2) is 18.4 Å². The van der Waals surface area contributed by atoms with Crippen molar-refractivity contribution < 1.29 is 9.21 Å². The molecule has 1 aliphatic rings. The number of furan rings is 1. The van der Waals surface area contributed by atoms with E-state index in [1.165, 1.54) is 25.7 Å². The molecular formula is C16H25NO2. The third-order valence-corrected chi connectivity index (χ3v) is 3.93. The van der Waals surface area contributed by atoms with E-state index in [0.29, 0.717) is 17.7 Å². The molecule has 0 unspecified atom stereocenters. The van der Waals surface area contributed by atoms with Gasteiger partial charge < -0.3 is 9.32 Å². The molecule has 1 heterocycles. The second kappa shape index (κ2) is 6.27. The van der Waals surface area contributed by atoms with Crippen LogP contribution in [0.2, 0.25) is 0 Å². The maximum atomic E-state index is 11.4. The highest BCUT2D eigenvalue weighted by molar-refractivity contribution is 5.91. The number of hydrogen-bond donors (Lipinski definition) is 0. The van der Waals surface area contributed by atoms with Crippen LogP contribution in [-0.2, 0) is 0 Å². The minimum atomic E-state index is 0.00137. The molecule has 1 aromatic heterocycles. The number of rotatable bonds is 6. The highest BCUT2D eigenvalue weighted by Gasteiger charge is 2.25. The molecule has 0 atom stereocenters. The van der Waals surface area contributed by atoms with Crippen LogP contribution in [0.15, 0.2) is 16.5 Å². The van der Waals surface area contributed by atoms with Crippen molar-refractivity contribution in [2.45, 2.75) is 58.9 Å². The van der Waals surface area contributed by atoms with E-state index in [-0.39, 0.29) is 5.78 Å². The van der Waals surface area contributed by atoms with Crippen molar-refractivity contribution in [3.63, 3.8) is 0 Å². The van der Waals surface area contributed by atoms with Gasteiger partial charge >= 0.3 is 0 Å². The molecule has 19 heavy (non-hydrogen) atoms. The van der Waals surface area contributed by atoms with Crippen LogP contribution < -0.4 is 4.90 Å². The van der Waals surface area contributed by atoms with E-state index in [4.69, 9.17) is 4.42 Å². The summed E-state index contributed by atoms with van der Waals surface area (Å²) in [6, 6.07) is 4.34. The average molecular weight is 263 g/mol. The summed E-state index contributed by atoms with van der Waals surface area (Å²) in [5.41, 5.74) is 0. The topological polar surface area (TPSA) is 33.5 Å². The average Bonchev–Trinajstić information content (AvgIpc) is 2.98. The van der Waals surface area contributed by atoms with Gasteiger partial charge in [0, 0.05) is 25.6 Å². The molecule has 3 heteroatoms. The highest BCUT2D eigenvalue weighted by atomic mass is 16.4. The molecule has 0 N–H and O–H groups in total. The summed E-state index contributed by atoms with van der Waals surface area (Å²) in [5, 5.41) is 0. The molecule has 106 valence electrons. The van der Waals surface area contributed by atoms with Crippen LogP contribution in [0.1, 0.15) is 63.4 Å². The summed E-state index contributed by atoms with van der Waals surface area (Å²) < 4.78 is 5.73. The van der Waals surface area contributed by atoms with Gasteiger partial charge in [-0.05, 0) is 31.2 Å². The Morgan fingerprint density at radius 2 is 2.05 bits per heavy atom. The number of Topliss-reactive ketones (excluding diaryl/α,β-unsaturated/α-hetero) is 1. The molecule has 1 aliphatic carbocycles. The van der Waals surface area contributed by atoms with Crippen molar-refractivity contribution in [1.82, 2.24) is 0 Å². The van der Waals surface area contributed by atoms with E-state index in [9.17, 15) is 4.79 Å². The quantitative estimate of drug-likeness (QED) is 0.718. The smallest absolute Gasteiger partial charge is 0.196 e. The normalized spacial score (nSPS) is 16.2. The predicted molar refractivity (Wildman–Crippen MR) is 77.8 cm³/mol. The van der Waals surface area contributed by atoms with Gasteiger partial charge in [0.25, 0.3) is 0 Å². The van der Waals surface area contributed by atoms with Crippen molar-refractivity contribution in [3.8, 4) is 0 Å². The molecule has 2 rings (SSSR count). The Hall–Kier alpha value is -1.25. The number of nitrogens with zero attached hydrogens (tertiary/aromatic N) is 1. The molecule has 1 fully saturated rings. The Kier molecular flexibility index (Phi) is 4.67. The van der Waals surface area contributed by atoms with Crippen molar-refractivity contribution in [1.29, 1.82) is 0 Å². The van der Waals surface area contributed by atoms with Crippen LogP contribution in [0.4, 0.5) is 5.88 Å². The van der Waals surface area contributed by atoms with Crippen LogP contribution in [0.3, 0.4) is 0 Å². The summed E-state index contributed by atoms with van der Waals surface area (Å²) in [6.45, 7) is 7.07. The van der Waals surface area contributed by atoms with Crippen LogP contribution in [0.5, 0.6) is 0 Å². The zero-order valence-corrected chi connectivity index (χ0v) is 12.3. The lowest BCUT2D eigenvalue weighted by Crippen LogP contribution is -2.34. The SMILES string of the molecule is CC(=O)c1ccc(N(CCC(C)C)C2CCCC2)o1. The maximum Gasteiger partial charge on any atom is 0.196 e. The van der Waals surface area contributed by atoms with Gasteiger partial charge in [-0.15, -0.1) is 0 Å². The molecule has 1 aromatic rings. The molecule has 0 saturated heterocycles. The van der Waals surface area contributed by atoms with Crippen LogP contribution >= 0.6 is 0 Å². The monoisotopic (exact) mass is 263 g/mol. The Labute approximate surface area is 116 Å². The molecule has 0 spiro atoms. The number of anilines is 1. The fraction of sp³-hybridized carbons (Fsp3) is 0.688. The van der Waals surface area contributed by atoms with Gasteiger partial charge in [0.2, 0.25) is 0 Å².